The third kappa shape index (κ3) is 5.12. The van der Waals surface area contributed by atoms with E-state index in [2.05, 4.69) is 19.2 Å². The summed E-state index contributed by atoms with van der Waals surface area (Å²) in [5.41, 5.74) is 1.58. The minimum atomic E-state index is -0.984. The van der Waals surface area contributed by atoms with E-state index in [1.54, 1.807) is 18.2 Å². The number of anilines is 1. The molecule has 2 aromatic carbocycles. The lowest BCUT2D eigenvalue weighted by Gasteiger charge is -2.14. The molecule has 0 radical (unpaired) electrons. The zero-order valence-electron chi connectivity index (χ0n) is 13.8. The maximum absolute atomic E-state index is 12.2. The Bertz CT molecular complexity index is 708. The molecule has 0 aromatic heterocycles. The molecule has 0 saturated heterocycles. The number of carbonyl (C=O) groups is 2. The van der Waals surface area contributed by atoms with E-state index in [0.717, 1.165) is 5.56 Å². The third-order valence-corrected chi connectivity index (χ3v) is 3.30. The average molecular weight is 327 g/mol. The molecule has 5 heteroatoms. The molecule has 0 bridgehead atoms. The SMILES string of the molecule is CC(C)COc1ccccc1NC(=O)Cc1ccc(C(=O)O)cc1. The first-order chi connectivity index (χ1) is 11.5. The number of amides is 1. The van der Waals surface area contributed by atoms with E-state index in [4.69, 9.17) is 9.84 Å². The van der Waals surface area contributed by atoms with Gasteiger partial charge in [0.15, 0.2) is 0 Å². The van der Waals surface area contributed by atoms with Crippen molar-refractivity contribution in [3.05, 3.63) is 59.7 Å². The van der Waals surface area contributed by atoms with Crippen molar-refractivity contribution in [1.82, 2.24) is 0 Å². The summed E-state index contributed by atoms with van der Waals surface area (Å²) in [6.45, 7) is 4.69. The number of carboxylic acid groups (broad SMARTS) is 1. The van der Waals surface area contributed by atoms with Crippen LogP contribution in [0.3, 0.4) is 0 Å². The smallest absolute Gasteiger partial charge is 0.335 e. The highest BCUT2D eigenvalue weighted by Gasteiger charge is 2.10. The highest BCUT2D eigenvalue weighted by molar-refractivity contribution is 5.94. The Kier molecular flexibility index (Phi) is 5.95. The zero-order chi connectivity index (χ0) is 17.5. The minimum absolute atomic E-state index is 0.165. The van der Waals surface area contributed by atoms with Gasteiger partial charge >= 0.3 is 5.97 Å². The molecular weight excluding hydrogens is 306 g/mol. The molecular formula is C19H21NO4. The van der Waals surface area contributed by atoms with Gasteiger partial charge in [-0.1, -0.05) is 38.1 Å². The van der Waals surface area contributed by atoms with Crippen molar-refractivity contribution in [2.24, 2.45) is 5.92 Å². The van der Waals surface area contributed by atoms with Gasteiger partial charge in [0.2, 0.25) is 5.91 Å². The highest BCUT2D eigenvalue weighted by atomic mass is 16.5. The van der Waals surface area contributed by atoms with Gasteiger partial charge in [0.1, 0.15) is 5.75 Å². The average Bonchev–Trinajstić information content (AvgIpc) is 2.54. The van der Waals surface area contributed by atoms with Gasteiger partial charge in [-0.2, -0.15) is 0 Å². The number of nitrogens with one attached hydrogen (secondary N) is 1. The molecule has 5 nitrogen and oxygen atoms in total. The van der Waals surface area contributed by atoms with Crippen LogP contribution in [0.1, 0.15) is 29.8 Å². The molecule has 0 heterocycles. The molecule has 2 aromatic rings. The van der Waals surface area contributed by atoms with Gasteiger partial charge in [-0.15, -0.1) is 0 Å². The van der Waals surface area contributed by atoms with Crippen molar-refractivity contribution >= 4 is 17.6 Å². The number of aromatic carboxylic acids is 1. The molecule has 0 spiro atoms. The highest BCUT2D eigenvalue weighted by Crippen LogP contribution is 2.24. The molecule has 1 amide bonds. The van der Waals surface area contributed by atoms with Crippen molar-refractivity contribution in [3.8, 4) is 5.75 Å². The van der Waals surface area contributed by atoms with Crippen LogP contribution in [0.4, 0.5) is 5.69 Å². The number of hydrogen-bond acceptors (Lipinski definition) is 3. The van der Waals surface area contributed by atoms with Crippen LogP contribution in [0.25, 0.3) is 0 Å². The van der Waals surface area contributed by atoms with Gasteiger partial charge in [-0.25, -0.2) is 4.79 Å². The van der Waals surface area contributed by atoms with Crippen LogP contribution in [0.2, 0.25) is 0 Å². The third-order valence-electron chi connectivity index (χ3n) is 3.30. The molecule has 0 aliphatic rings. The summed E-state index contributed by atoms with van der Waals surface area (Å²) in [7, 11) is 0. The Morgan fingerprint density at radius 1 is 1.08 bits per heavy atom. The summed E-state index contributed by atoms with van der Waals surface area (Å²) >= 11 is 0. The molecule has 0 saturated carbocycles. The van der Waals surface area contributed by atoms with Crippen molar-refractivity contribution in [2.45, 2.75) is 20.3 Å². The van der Waals surface area contributed by atoms with Crippen LogP contribution < -0.4 is 10.1 Å². The van der Waals surface area contributed by atoms with E-state index >= 15 is 0 Å². The fraction of sp³-hybridized carbons (Fsp3) is 0.263. The van der Waals surface area contributed by atoms with E-state index in [1.165, 1.54) is 12.1 Å². The Morgan fingerprint density at radius 3 is 2.38 bits per heavy atom. The van der Waals surface area contributed by atoms with Crippen molar-refractivity contribution in [3.63, 3.8) is 0 Å². The molecule has 0 fully saturated rings. The first-order valence-corrected chi connectivity index (χ1v) is 7.79. The Labute approximate surface area is 141 Å². The first kappa shape index (κ1) is 17.5. The fourth-order valence-corrected chi connectivity index (χ4v) is 2.10. The first-order valence-electron chi connectivity index (χ1n) is 7.79. The summed E-state index contributed by atoms with van der Waals surface area (Å²) in [5.74, 6) is -0.136. The number of hydrogen-bond donors (Lipinski definition) is 2. The molecule has 2 N–H and O–H groups in total. The molecule has 0 unspecified atom stereocenters. The molecule has 126 valence electrons. The molecule has 0 atom stereocenters. The Balaban J connectivity index is 2.00. The Morgan fingerprint density at radius 2 is 1.75 bits per heavy atom. The zero-order valence-corrected chi connectivity index (χ0v) is 13.8. The maximum Gasteiger partial charge on any atom is 0.335 e. The number of carbonyl (C=O) groups excluding carboxylic acids is 1. The predicted octanol–water partition coefficient (Wildman–Crippen LogP) is 3.60. The number of para-hydroxylation sites is 2. The fourth-order valence-electron chi connectivity index (χ4n) is 2.10. The van der Waals surface area contributed by atoms with Crippen molar-refractivity contribution < 1.29 is 19.4 Å². The van der Waals surface area contributed by atoms with Crippen molar-refractivity contribution in [1.29, 1.82) is 0 Å². The molecule has 0 aliphatic carbocycles. The van der Waals surface area contributed by atoms with Gasteiger partial charge < -0.3 is 15.2 Å². The largest absolute Gasteiger partial charge is 0.491 e. The quantitative estimate of drug-likeness (QED) is 0.815. The van der Waals surface area contributed by atoms with E-state index < -0.39 is 5.97 Å². The monoisotopic (exact) mass is 327 g/mol. The van der Waals surface area contributed by atoms with Gasteiger partial charge in [0.05, 0.1) is 24.3 Å². The predicted molar refractivity (Wildman–Crippen MR) is 92.5 cm³/mol. The van der Waals surface area contributed by atoms with E-state index in [-0.39, 0.29) is 17.9 Å². The van der Waals surface area contributed by atoms with Gasteiger partial charge in [0, 0.05) is 0 Å². The lowest BCUT2D eigenvalue weighted by molar-refractivity contribution is -0.115. The van der Waals surface area contributed by atoms with Gasteiger partial charge in [-0.3, -0.25) is 4.79 Å². The Hall–Kier alpha value is -2.82. The van der Waals surface area contributed by atoms with E-state index in [1.807, 2.05) is 18.2 Å². The van der Waals surface area contributed by atoms with E-state index in [0.29, 0.717) is 24.0 Å². The standard InChI is InChI=1S/C19H21NO4/c1-13(2)12-24-17-6-4-3-5-16(17)20-18(21)11-14-7-9-15(10-8-14)19(22)23/h3-10,13H,11-12H2,1-2H3,(H,20,21)(H,22,23). The van der Waals surface area contributed by atoms with Gasteiger partial charge in [-0.05, 0) is 35.7 Å². The lowest BCUT2D eigenvalue weighted by Crippen LogP contribution is -2.16. The van der Waals surface area contributed by atoms with Crippen LogP contribution >= 0.6 is 0 Å². The summed E-state index contributed by atoms with van der Waals surface area (Å²) in [4.78, 5) is 23.0. The second-order valence-electron chi connectivity index (χ2n) is 5.93. The van der Waals surface area contributed by atoms with E-state index in [9.17, 15) is 9.59 Å². The van der Waals surface area contributed by atoms with Crippen LogP contribution in [-0.2, 0) is 11.2 Å². The molecule has 2 rings (SSSR count). The molecule has 24 heavy (non-hydrogen) atoms. The second-order valence-corrected chi connectivity index (χ2v) is 5.93. The van der Waals surface area contributed by atoms with Crippen molar-refractivity contribution in [2.75, 3.05) is 11.9 Å². The summed E-state index contributed by atoms with van der Waals surface area (Å²) in [6.07, 6.45) is 0.165. The topological polar surface area (TPSA) is 75.6 Å². The van der Waals surface area contributed by atoms with Gasteiger partial charge in [0.25, 0.3) is 0 Å². The summed E-state index contributed by atoms with van der Waals surface area (Å²) in [6, 6.07) is 13.6. The number of ether oxygens (including phenoxy) is 1. The number of carboxylic acids is 1. The lowest BCUT2D eigenvalue weighted by atomic mass is 10.1. The minimum Gasteiger partial charge on any atom is -0.491 e. The summed E-state index contributed by atoms with van der Waals surface area (Å²) in [5, 5.41) is 11.7. The number of benzene rings is 2. The maximum atomic E-state index is 12.2. The second kappa shape index (κ2) is 8.15. The summed E-state index contributed by atoms with van der Waals surface area (Å²) < 4.78 is 5.71. The van der Waals surface area contributed by atoms with Crippen LogP contribution in [-0.4, -0.2) is 23.6 Å². The number of rotatable bonds is 7. The molecule has 0 aliphatic heterocycles. The van der Waals surface area contributed by atoms with Crippen LogP contribution in [0, 0.1) is 5.92 Å². The normalized spacial score (nSPS) is 10.5. The van der Waals surface area contributed by atoms with Crippen LogP contribution in [0.5, 0.6) is 5.75 Å². The van der Waals surface area contributed by atoms with Crippen LogP contribution in [0.15, 0.2) is 48.5 Å².